The van der Waals surface area contributed by atoms with Crippen molar-refractivity contribution < 1.29 is 22.6 Å². The van der Waals surface area contributed by atoms with E-state index in [1.165, 1.54) is 24.8 Å². The first-order valence-electron chi connectivity index (χ1n) is 9.62. The maximum atomic E-state index is 14.7. The zero-order chi connectivity index (χ0) is 21.8. The summed E-state index contributed by atoms with van der Waals surface area (Å²) in [5.41, 5.74) is 2.85. The smallest absolute Gasteiger partial charge is 0.207 e. The van der Waals surface area contributed by atoms with E-state index < -0.39 is 17.5 Å². The lowest BCUT2D eigenvalue weighted by molar-refractivity contribution is 0.272. The minimum atomic E-state index is -1.17. The highest BCUT2D eigenvalue weighted by Gasteiger charge is 2.28. The molecular weight excluding hydrogens is 389 g/mol. The molecule has 2 nitrogen and oxygen atoms in total. The van der Waals surface area contributed by atoms with Gasteiger partial charge in [0.1, 0.15) is 0 Å². The van der Waals surface area contributed by atoms with Crippen LogP contribution >= 0.6 is 0 Å². The van der Waals surface area contributed by atoms with Gasteiger partial charge < -0.3 is 9.47 Å². The molecule has 1 aliphatic rings. The molecule has 0 saturated heterocycles. The summed E-state index contributed by atoms with van der Waals surface area (Å²) in [6, 6.07) is 9.38. The molecule has 156 valence electrons. The van der Waals surface area contributed by atoms with Crippen LogP contribution in [0.1, 0.15) is 35.6 Å². The lowest BCUT2D eigenvalue weighted by atomic mass is 9.97. The summed E-state index contributed by atoms with van der Waals surface area (Å²) in [6.45, 7) is 9.30. The van der Waals surface area contributed by atoms with Crippen molar-refractivity contribution in [1.29, 1.82) is 0 Å². The van der Waals surface area contributed by atoms with Crippen LogP contribution in [-0.4, -0.2) is 7.11 Å². The zero-order valence-electron chi connectivity index (χ0n) is 17.0. The molecule has 0 radical (unpaired) electrons. The van der Waals surface area contributed by atoms with Gasteiger partial charge in [0.2, 0.25) is 11.6 Å². The van der Waals surface area contributed by atoms with Gasteiger partial charge in [0.15, 0.2) is 23.1 Å². The molecule has 5 heteroatoms. The molecule has 0 amide bonds. The molecule has 0 spiro atoms. The summed E-state index contributed by atoms with van der Waals surface area (Å²) >= 11 is 0. The maximum Gasteiger partial charge on any atom is 0.207 e. The van der Waals surface area contributed by atoms with Crippen LogP contribution in [0.3, 0.4) is 0 Å². The molecule has 0 aliphatic carbocycles. The summed E-state index contributed by atoms with van der Waals surface area (Å²) in [6.07, 6.45) is 5.38. The largest absolute Gasteiger partial charge is 0.494 e. The molecule has 2 aromatic rings. The van der Waals surface area contributed by atoms with Gasteiger partial charge in [-0.15, -0.1) is 0 Å². The lowest BCUT2D eigenvalue weighted by Gasteiger charge is -2.23. The van der Waals surface area contributed by atoms with Crippen molar-refractivity contribution in [1.82, 2.24) is 0 Å². The van der Waals surface area contributed by atoms with Gasteiger partial charge in [-0.2, -0.15) is 8.78 Å². The summed E-state index contributed by atoms with van der Waals surface area (Å²) in [5.74, 6) is -4.07. The number of benzene rings is 2. The fraction of sp³-hybridized carbons (Fsp3) is 0.200. The average Bonchev–Trinajstić information content (AvgIpc) is 2.75. The number of allylic oxidation sites excluding steroid dienone is 2. The van der Waals surface area contributed by atoms with E-state index in [0.29, 0.717) is 5.56 Å². The van der Waals surface area contributed by atoms with Gasteiger partial charge in [-0.3, -0.25) is 0 Å². The molecule has 0 bridgehead atoms. The molecular formula is C25H23F3O2. The van der Waals surface area contributed by atoms with E-state index in [2.05, 4.69) is 20.1 Å². The first-order chi connectivity index (χ1) is 14.3. The van der Waals surface area contributed by atoms with Crippen molar-refractivity contribution in [2.75, 3.05) is 7.11 Å². The molecule has 0 atom stereocenters. The second-order valence-corrected chi connectivity index (χ2v) is 7.06. The quantitative estimate of drug-likeness (QED) is 0.379. The van der Waals surface area contributed by atoms with Gasteiger partial charge in [0.05, 0.1) is 7.11 Å². The number of hydrogen-bond acceptors (Lipinski definition) is 2. The van der Waals surface area contributed by atoms with Crippen molar-refractivity contribution >= 4 is 12.2 Å². The third-order valence-corrected chi connectivity index (χ3v) is 4.86. The standard InChI is InChI=1S/C25H23F3O2/c1-5-6-17-7-9-18(10-8-17)11-12-19-14-20-13-15(2)24(21(26)16(3)29-4)30-25(20)23(28)22(19)27/h7-12,14H,2-3,5-6,13H2,1,4H3/b12-11+,24-21-. The van der Waals surface area contributed by atoms with E-state index in [1.807, 2.05) is 24.3 Å². The molecule has 0 fully saturated rings. The lowest BCUT2D eigenvalue weighted by Crippen LogP contribution is -2.14. The second-order valence-electron chi connectivity index (χ2n) is 7.06. The van der Waals surface area contributed by atoms with Crippen LogP contribution in [0.4, 0.5) is 13.2 Å². The first kappa shape index (κ1) is 21.5. The Balaban J connectivity index is 1.92. The minimum absolute atomic E-state index is 0.0782. The van der Waals surface area contributed by atoms with Crippen molar-refractivity contribution in [3.05, 3.63) is 100 Å². The highest BCUT2D eigenvalue weighted by atomic mass is 19.2. The molecule has 0 unspecified atom stereocenters. The second kappa shape index (κ2) is 9.08. The monoisotopic (exact) mass is 412 g/mol. The summed E-state index contributed by atoms with van der Waals surface area (Å²) < 4.78 is 53.7. The number of fused-ring (bicyclic) bond motifs is 1. The fourth-order valence-corrected chi connectivity index (χ4v) is 3.22. The van der Waals surface area contributed by atoms with Crippen molar-refractivity contribution in [2.24, 2.45) is 0 Å². The highest BCUT2D eigenvalue weighted by molar-refractivity contribution is 5.71. The van der Waals surface area contributed by atoms with E-state index in [-0.39, 0.29) is 34.8 Å². The minimum Gasteiger partial charge on any atom is -0.494 e. The molecule has 2 aromatic carbocycles. The van der Waals surface area contributed by atoms with Gasteiger partial charge in [0.25, 0.3) is 0 Å². The van der Waals surface area contributed by atoms with Gasteiger partial charge in [-0.1, -0.05) is 62.9 Å². The summed E-state index contributed by atoms with van der Waals surface area (Å²) in [7, 11) is 1.25. The van der Waals surface area contributed by atoms with Crippen molar-refractivity contribution in [2.45, 2.75) is 26.2 Å². The molecule has 0 saturated carbocycles. The normalized spacial score (nSPS) is 15.0. The molecule has 0 N–H and O–H groups in total. The molecule has 30 heavy (non-hydrogen) atoms. The van der Waals surface area contributed by atoms with E-state index in [1.54, 1.807) is 6.08 Å². The number of aryl methyl sites for hydroxylation is 1. The number of rotatable bonds is 6. The first-order valence-corrected chi connectivity index (χ1v) is 9.62. The Hall–Kier alpha value is -3.21. The maximum absolute atomic E-state index is 14.7. The molecule has 3 rings (SSSR count). The van der Waals surface area contributed by atoms with E-state index in [9.17, 15) is 13.2 Å². The van der Waals surface area contributed by atoms with E-state index in [4.69, 9.17) is 9.47 Å². The third kappa shape index (κ3) is 4.35. The Labute approximate surface area is 174 Å². The molecule has 1 heterocycles. The van der Waals surface area contributed by atoms with E-state index in [0.717, 1.165) is 18.4 Å². The highest BCUT2D eigenvalue weighted by Crippen LogP contribution is 2.39. The van der Waals surface area contributed by atoms with Crippen molar-refractivity contribution in [3.8, 4) is 5.75 Å². The van der Waals surface area contributed by atoms with Gasteiger partial charge in [-0.25, -0.2) is 4.39 Å². The Morgan fingerprint density at radius 1 is 1.17 bits per heavy atom. The van der Waals surface area contributed by atoms with Crippen LogP contribution in [-0.2, 0) is 17.6 Å². The summed E-state index contributed by atoms with van der Waals surface area (Å²) in [4.78, 5) is 0. The number of methoxy groups -OCH3 is 1. The average molecular weight is 412 g/mol. The SMILES string of the molecule is C=C(OC)/C(F)=C1/Oc2c(cc(/C=C/c3ccc(CCC)cc3)c(F)c2F)CC1=C. The Morgan fingerprint density at radius 2 is 1.87 bits per heavy atom. The predicted molar refractivity (Wildman–Crippen MR) is 113 cm³/mol. The third-order valence-electron chi connectivity index (χ3n) is 4.86. The number of halogens is 3. The number of ether oxygens (including phenoxy) is 2. The van der Waals surface area contributed by atoms with Gasteiger partial charge >= 0.3 is 0 Å². The number of hydrogen-bond donors (Lipinski definition) is 0. The summed E-state index contributed by atoms with van der Waals surface area (Å²) in [5, 5.41) is 0. The van der Waals surface area contributed by atoms with Crippen LogP contribution in [0.2, 0.25) is 0 Å². The van der Waals surface area contributed by atoms with Crippen LogP contribution < -0.4 is 4.74 Å². The van der Waals surface area contributed by atoms with Crippen molar-refractivity contribution in [3.63, 3.8) is 0 Å². The molecule has 1 aliphatic heterocycles. The fourth-order valence-electron chi connectivity index (χ4n) is 3.22. The van der Waals surface area contributed by atoms with Gasteiger partial charge in [-0.05, 0) is 29.2 Å². The predicted octanol–water partition coefficient (Wildman–Crippen LogP) is 6.92. The van der Waals surface area contributed by atoms with Crippen LogP contribution in [0.5, 0.6) is 5.75 Å². The van der Waals surface area contributed by atoms with Gasteiger partial charge in [0, 0.05) is 17.5 Å². The Bertz CT molecular complexity index is 1050. The Morgan fingerprint density at radius 3 is 2.50 bits per heavy atom. The Kier molecular flexibility index (Phi) is 6.50. The van der Waals surface area contributed by atoms with Crippen LogP contribution in [0.15, 0.2) is 66.4 Å². The van der Waals surface area contributed by atoms with Crippen LogP contribution in [0, 0.1) is 11.6 Å². The molecule has 0 aromatic heterocycles. The topological polar surface area (TPSA) is 18.5 Å². The van der Waals surface area contributed by atoms with Crippen LogP contribution in [0.25, 0.3) is 12.2 Å². The zero-order valence-corrected chi connectivity index (χ0v) is 17.0. The van der Waals surface area contributed by atoms with E-state index >= 15 is 0 Å².